The lowest BCUT2D eigenvalue weighted by Gasteiger charge is -2.22. The van der Waals surface area contributed by atoms with Gasteiger partial charge in [-0.15, -0.1) is 0 Å². The van der Waals surface area contributed by atoms with Crippen LogP contribution in [0.4, 0.5) is 11.4 Å². The average Bonchev–Trinajstić information content (AvgIpc) is 3.46. The van der Waals surface area contributed by atoms with E-state index in [4.69, 9.17) is 4.74 Å². The summed E-state index contributed by atoms with van der Waals surface area (Å²) < 4.78 is 6.22. The molecule has 1 fully saturated rings. The van der Waals surface area contributed by atoms with Crippen molar-refractivity contribution in [1.82, 2.24) is 19.9 Å². The predicted molar refractivity (Wildman–Crippen MR) is 155 cm³/mol. The first kappa shape index (κ1) is 26.3. The van der Waals surface area contributed by atoms with Crippen LogP contribution >= 0.6 is 0 Å². The number of aromatic nitrogens is 3. The van der Waals surface area contributed by atoms with E-state index in [1.165, 1.54) is 0 Å². The van der Waals surface area contributed by atoms with Gasteiger partial charge in [-0.1, -0.05) is 13.0 Å². The highest BCUT2D eigenvalue weighted by molar-refractivity contribution is 6.04. The van der Waals surface area contributed by atoms with Crippen LogP contribution in [-0.2, 0) is 6.42 Å². The van der Waals surface area contributed by atoms with Crippen LogP contribution in [0, 0.1) is 6.92 Å². The van der Waals surface area contributed by atoms with Crippen molar-refractivity contribution in [3.63, 3.8) is 0 Å². The van der Waals surface area contributed by atoms with Crippen LogP contribution in [0.25, 0.3) is 11.3 Å². The minimum absolute atomic E-state index is 0.143. The summed E-state index contributed by atoms with van der Waals surface area (Å²) in [4.78, 5) is 31.1. The molecule has 0 aliphatic carbocycles. The van der Waals surface area contributed by atoms with Gasteiger partial charge in [-0.25, -0.2) is 15.0 Å². The van der Waals surface area contributed by atoms with Crippen molar-refractivity contribution in [3.8, 4) is 22.9 Å². The highest BCUT2D eigenvalue weighted by Crippen LogP contribution is 2.33. The Morgan fingerprint density at radius 2 is 1.95 bits per heavy atom. The Kier molecular flexibility index (Phi) is 7.84. The van der Waals surface area contributed by atoms with Crippen LogP contribution in [0.3, 0.4) is 0 Å². The summed E-state index contributed by atoms with van der Waals surface area (Å²) in [6.45, 7) is 5.92. The van der Waals surface area contributed by atoms with Crippen LogP contribution in [-0.4, -0.2) is 59.0 Å². The molecular formula is C31H34N6O2. The first-order chi connectivity index (χ1) is 18.9. The standard InChI is InChI=1S/C31H34N6O2/c1-5-29-32-16-13-27(35-29)26-10-7-15-33-31(26)39-28-12-11-23(18-21(28)2)34-30(38)22-8-6-9-24(19-22)37-17-14-25(20-37)36(3)4/h6-13,15-16,18-19,25H,5,14,17,20H2,1-4H3,(H,34,38)/t25-/m0/s1. The van der Waals surface area contributed by atoms with Crippen molar-refractivity contribution < 1.29 is 9.53 Å². The number of nitrogens with zero attached hydrogens (tertiary/aromatic N) is 5. The monoisotopic (exact) mass is 522 g/mol. The van der Waals surface area contributed by atoms with Crippen LogP contribution < -0.4 is 15.0 Å². The second-order valence-electron chi connectivity index (χ2n) is 10.0. The topological polar surface area (TPSA) is 83.5 Å². The molecule has 1 saturated heterocycles. The molecule has 1 N–H and O–H groups in total. The molecular weight excluding hydrogens is 488 g/mol. The van der Waals surface area contributed by atoms with Gasteiger partial charge in [-0.3, -0.25) is 4.79 Å². The summed E-state index contributed by atoms with van der Waals surface area (Å²) in [6, 6.07) is 19.6. The van der Waals surface area contributed by atoms with E-state index in [0.717, 1.165) is 54.3 Å². The molecule has 4 aromatic rings. The minimum atomic E-state index is -0.143. The maximum atomic E-state index is 13.1. The second-order valence-corrected chi connectivity index (χ2v) is 10.0. The summed E-state index contributed by atoms with van der Waals surface area (Å²) in [5.41, 5.74) is 4.85. The van der Waals surface area contributed by atoms with Crippen molar-refractivity contribution in [2.24, 2.45) is 0 Å². The molecule has 2 aromatic heterocycles. The zero-order valence-corrected chi connectivity index (χ0v) is 22.9. The van der Waals surface area contributed by atoms with Crippen LogP contribution in [0.1, 0.15) is 35.1 Å². The van der Waals surface area contributed by atoms with E-state index in [-0.39, 0.29) is 5.91 Å². The first-order valence-electron chi connectivity index (χ1n) is 13.3. The van der Waals surface area contributed by atoms with E-state index in [0.29, 0.717) is 28.9 Å². The van der Waals surface area contributed by atoms with Crippen LogP contribution in [0.15, 0.2) is 73.1 Å². The lowest BCUT2D eigenvalue weighted by atomic mass is 10.1. The number of pyridine rings is 1. The zero-order chi connectivity index (χ0) is 27.4. The maximum absolute atomic E-state index is 13.1. The van der Waals surface area contributed by atoms with Gasteiger partial charge in [0, 0.05) is 54.9 Å². The van der Waals surface area contributed by atoms with Gasteiger partial charge in [0.25, 0.3) is 5.91 Å². The Morgan fingerprint density at radius 3 is 2.72 bits per heavy atom. The quantitative estimate of drug-likeness (QED) is 0.323. The van der Waals surface area contributed by atoms with Gasteiger partial charge in [0.05, 0.1) is 11.3 Å². The number of anilines is 2. The first-order valence-corrected chi connectivity index (χ1v) is 13.3. The summed E-state index contributed by atoms with van der Waals surface area (Å²) in [7, 11) is 4.23. The third-order valence-corrected chi connectivity index (χ3v) is 7.08. The minimum Gasteiger partial charge on any atom is -0.438 e. The zero-order valence-electron chi connectivity index (χ0n) is 22.9. The highest BCUT2D eigenvalue weighted by Gasteiger charge is 2.24. The van der Waals surface area contributed by atoms with E-state index in [2.05, 4.69) is 50.2 Å². The molecule has 0 radical (unpaired) electrons. The fourth-order valence-electron chi connectivity index (χ4n) is 4.78. The lowest BCUT2D eigenvalue weighted by Crippen LogP contribution is -2.31. The number of rotatable bonds is 8. The number of hydrogen-bond donors (Lipinski definition) is 1. The number of hydrogen-bond acceptors (Lipinski definition) is 7. The predicted octanol–water partition coefficient (Wildman–Crippen LogP) is 5.59. The fourth-order valence-corrected chi connectivity index (χ4v) is 4.78. The van der Waals surface area contributed by atoms with Gasteiger partial charge in [0.1, 0.15) is 11.6 Å². The molecule has 5 rings (SSSR count). The number of likely N-dealkylation sites (N-methyl/N-ethyl adjacent to an activating group) is 1. The van der Waals surface area contributed by atoms with E-state index in [9.17, 15) is 4.79 Å². The van der Waals surface area contributed by atoms with Crippen molar-refractivity contribution in [2.75, 3.05) is 37.4 Å². The van der Waals surface area contributed by atoms with Gasteiger partial charge in [0.2, 0.25) is 5.88 Å². The van der Waals surface area contributed by atoms with Crippen molar-refractivity contribution in [3.05, 3.63) is 90.0 Å². The van der Waals surface area contributed by atoms with Crippen molar-refractivity contribution in [2.45, 2.75) is 32.7 Å². The third kappa shape index (κ3) is 6.07. The molecule has 39 heavy (non-hydrogen) atoms. The summed E-state index contributed by atoms with van der Waals surface area (Å²) in [5.74, 6) is 1.75. The number of carbonyl (C=O) groups excluding carboxylic acids is 1. The molecule has 3 heterocycles. The molecule has 8 heteroatoms. The second kappa shape index (κ2) is 11.6. The molecule has 1 atom stereocenters. The molecule has 2 aromatic carbocycles. The average molecular weight is 523 g/mol. The Hall–Kier alpha value is -4.30. The Morgan fingerprint density at radius 1 is 1.08 bits per heavy atom. The van der Waals surface area contributed by atoms with Crippen molar-refractivity contribution in [1.29, 1.82) is 0 Å². The van der Waals surface area contributed by atoms with Gasteiger partial charge >= 0.3 is 0 Å². The number of amides is 1. The molecule has 1 amide bonds. The molecule has 0 saturated carbocycles. The van der Waals surface area contributed by atoms with Crippen LogP contribution in [0.2, 0.25) is 0 Å². The van der Waals surface area contributed by atoms with Crippen LogP contribution in [0.5, 0.6) is 11.6 Å². The highest BCUT2D eigenvalue weighted by atomic mass is 16.5. The molecule has 0 unspecified atom stereocenters. The summed E-state index contributed by atoms with van der Waals surface area (Å²) in [5, 5.41) is 3.03. The molecule has 200 valence electrons. The van der Waals surface area contributed by atoms with E-state index >= 15 is 0 Å². The van der Waals surface area contributed by atoms with Gasteiger partial charge < -0.3 is 19.9 Å². The number of aryl methyl sites for hydroxylation is 2. The molecule has 8 nitrogen and oxygen atoms in total. The van der Waals surface area contributed by atoms with E-state index in [1.54, 1.807) is 12.4 Å². The van der Waals surface area contributed by atoms with Gasteiger partial charge in [0.15, 0.2) is 0 Å². The smallest absolute Gasteiger partial charge is 0.255 e. The molecule has 0 spiro atoms. The van der Waals surface area contributed by atoms with Gasteiger partial charge in [-0.2, -0.15) is 0 Å². The number of ether oxygens (including phenoxy) is 1. The largest absolute Gasteiger partial charge is 0.438 e. The summed E-state index contributed by atoms with van der Waals surface area (Å²) >= 11 is 0. The molecule has 1 aliphatic rings. The van der Waals surface area contributed by atoms with Gasteiger partial charge in [-0.05, 0) is 87.6 Å². The summed E-state index contributed by atoms with van der Waals surface area (Å²) in [6.07, 6.45) is 5.32. The number of benzene rings is 2. The Balaban J connectivity index is 1.29. The normalized spacial score (nSPS) is 15.0. The van der Waals surface area contributed by atoms with E-state index < -0.39 is 0 Å². The van der Waals surface area contributed by atoms with E-state index in [1.807, 2.05) is 68.4 Å². The SMILES string of the molecule is CCc1nccc(-c2cccnc2Oc2ccc(NC(=O)c3cccc(N4CC[C@H](N(C)C)C4)c3)cc2C)n1. The third-order valence-electron chi connectivity index (χ3n) is 7.08. The molecule has 1 aliphatic heterocycles. The Bertz CT molecular complexity index is 1470. The fraction of sp³-hybridized carbons (Fsp3) is 0.290. The lowest BCUT2D eigenvalue weighted by molar-refractivity contribution is 0.102. The number of carbonyl (C=O) groups is 1. The Labute approximate surface area is 229 Å². The maximum Gasteiger partial charge on any atom is 0.255 e. The van der Waals surface area contributed by atoms with Crippen molar-refractivity contribution >= 4 is 17.3 Å². The number of nitrogens with one attached hydrogen (secondary N) is 1. The molecule has 0 bridgehead atoms.